The molecule has 0 saturated carbocycles. The minimum Gasteiger partial charge on any atom is -0.309 e. The van der Waals surface area contributed by atoms with Crippen LogP contribution in [0.4, 0.5) is 0 Å². The standard InChI is InChI=1S/C48H31N3/c1-2-14-32(15-3-1)33-28-35(50-45-23-11-6-18-39(45)40-19-7-12-24-46(40)50)30-36(29-33)51-47-25-13-8-20-41(47)42-31-34(26-27-48(42)51)49-43-21-9-4-16-37(43)38-17-5-10-22-44(38)49/h1-31H/i1D,2D,3D,4D,5D,9D,10D,14D,15D,16D,17D,21D,22D,28D,29D,30D. The van der Waals surface area contributed by atoms with Crippen LogP contribution in [0.15, 0.2) is 188 Å². The molecule has 0 atom stereocenters. The summed E-state index contributed by atoms with van der Waals surface area (Å²) in [6.45, 7) is 0. The first-order valence-electron chi connectivity index (χ1n) is 24.2. The molecule has 0 aliphatic carbocycles. The van der Waals surface area contributed by atoms with Gasteiger partial charge in [-0.25, -0.2) is 0 Å². The van der Waals surface area contributed by atoms with Gasteiger partial charge < -0.3 is 13.7 Å². The van der Waals surface area contributed by atoms with E-state index in [1.54, 1.807) is 51.6 Å². The lowest BCUT2D eigenvalue weighted by atomic mass is 10.0. The molecule has 238 valence electrons. The summed E-state index contributed by atoms with van der Waals surface area (Å²) < 4.78 is 148. The molecule has 0 bridgehead atoms. The molecule has 8 aromatic carbocycles. The van der Waals surface area contributed by atoms with Gasteiger partial charge in [-0.1, -0.05) is 121 Å². The quantitative estimate of drug-likeness (QED) is 0.178. The summed E-state index contributed by atoms with van der Waals surface area (Å²) in [5.74, 6) is 0. The molecule has 3 nitrogen and oxygen atoms in total. The average Bonchev–Trinajstić information content (AvgIpc) is 3.98. The van der Waals surface area contributed by atoms with Gasteiger partial charge in [0, 0.05) is 49.4 Å². The Balaban J connectivity index is 1.31. The highest BCUT2D eigenvalue weighted by Crippen LogP contribution is 2.39. The molecule has 0 saturated heterocycles. The number of fused-ring (bicyclic) bond motifs is 9. The largest absolute Gasteiger partial charge is 0.309 e. The van der Waals surface area contributed by atoms with Crippen molar-refractivity contribution < 1.29 is 21.9 Å². The second-order valence-corrected chi connectivity index (χ2v) is 12.2. The third kappa shape index (κ3) is 4.12. The van der Waals surface area contributed by atoms with Crippen LogP contribution in [-0.4, -0.2) is 13.7 Å². The number of hydrogen-bond donors (Lipinski definition) is 0. The topological polar surface area (TPSA) is 14.8 Å². The van der Waals surface area contributed by atoms with Crippen molar-refractivity contribution in [3.8, 4) is 28.2 Å². The zero-order valence-electron chi connectivity index (χ0n) is 42.5. The molecular formula is C48H31N3. The van der Waals surface area contributed by atoms with E-state index in [4.69, 9.17) is 17.8 Å². The van der Waals surface area contributed by atoms with Crippen molar-refractivity contribution in [2.75, 3.05) is 0 Å². The molecule has 0 amide bonds. The van der Waals surface area contributed by atoms with Crippen molar-refractivity contribution in [3.63, 3.8) is 0 Å². The highest BCUT2D eigenvalue weighted by molar-refractivity contribution is 6.13. The molecule has 0 aliphatic rings. The van der Waals surface area contributed by atoms with E-state index in [0.29, 0.717) is 32.8 Å². The van der Waals surface area contributed by atoms with Crippen LogP contribution in [0.5, 0.6) is 0 Å². The van der Waals surface area contributed by atoms with Crippen LogP contribution in [0.3, 0.4) is 0 Å². The Morgan fingerprint density at radius 3 is 1.33 bits per heavy atom. The SMILES string of the molecule is [2H]c1c([2H])c([2H])c(-c2c([2H])c(-n3c4ccccc4c4ccccc43)c([2H])c(-n3c4ccccc4c4cc(-n5c6c([2H])c([2H])c([2H])c([2H])c6c6c([2H])c([2H])c([2H])c([2H])c65)ccc43)c2[2H])c([2H])c1[2H]. The lowest BCUT2D eigenvalue weighted by molar-refractivity contribution is 1.13. The van der Waals surface area contributed by atoms with Gasteiger partial charge >= 0.3 is 0 Å². The van der Waals surface area contributed by atoms with Crippen molar-refractivity contribution in [2.45, 2.75) is 0 Å². The zero-order valence-corrected chi connectivity index (χ0v) is 26.5. The second-order valence-electron chi connectivity index (χ2n) is 12.2. The van der Waals surface area contributed by atoms with E-state index in [9.17, 15) is 4.11 Å². The lowest BCUT2D eigenvalue weighted by Gasteiger charge is -2.16. The third-order valence-corrected chi connectivity index (χ3v) is 9.45. The number of rotatable bonds is 4. The second kappa shape index (κ2) is 10.8. The fraction of sp³-hybridized carbons (Fsp3) is 0. The maximum atomic E-state index is 10.1. The summed E-state index contributed by atoms with van der Waals surface area (Å²) in [5.41, 5.74) is 1.50. The molecule has 3 aromatic heterocycles. The Hall–Kier alpha value is -6.84. The molecule has 11 rings (SSSR count). The van der Waals surface area contributed by atoms with Gasteiger partial charge in [0.25, 0.3) is 0 Å². The molecule has 3 heterocycles. The average molecular weight is 666 g/mol. The predicted molar refractivity (Wildman–Crippen MR) is 215 cm³/mol. The molecule has 11 aromatic rings. The number of nitrogens with zero attached hydrogens (tertiary/aromatic N) is 3. The van der Waals surface area contributed by atoms with Crippen molar-refractivity contribution in [3.05, 3.63) is 188 Å². The van der Waals surface area contributed by atoms with Gasteiger partial charge in [0.15, 0.2) is 0 Å². The summed E-state index contributed by atoms with van der Waals surface area (Å²) in [7, 11) is 0. The number of benzene rings is 8. The fourth-order valence-electron chi connectivity index (χ4n) is 7.35. The molecule has 0 spiro atoms. The lowest BCUT2D eigenvalue weighted by Crippen LogP contribution is -2.00. The first-order valence-corrected chi connectivity index (χ1v) is 16.2. The van der Waals surface area contributed by atoms with Crippen LogP contribution in [-0.2, 0) is 0 Å². The number of hydrogen-bond acceptors (Lipinski definition) is 0. The van der Waals surface area contributed by atoms with Crippen LogP contribution in [0.1, 0.15) is 21.9 Å². The van der Waals surface area contributed by atoms with Crippen LogP contribution in [0.25, 0.3) is 93.6 Å². The van der Waals surface area contributed by atoms with Crippen LogP contribution >= 0.6 is 0 Å². The van der Waals surface area contributed by atoms with E-state index in [2.05, 4.69) is 0 Å². The smallest absolute Gasteiger partial charge is 0.0667 e. The van der Waals surface area contributed by atoms with Gasteiger partial charge in [0.05, 0.1) is 55.0 Å². The summed E-state index contributed by atoms with van der Waals surface area (Å²) in [5, 5.41) is 2.54. The maximum Gasteiger partial charge on any atom is 0.0667 e. The van der Waals surface area contributed by atoms with Crippen LogP contribution in [0, 0.1) is 0 Å². The van der Waals surface area contributed by atoms with Gasteiger partial charge in [-0.05, 0) is 77.7 Å². The Bertz CT molecular complexity index is 3910. The highest BCUT2D eigenvalue weighted by atomic mass is 15.0. The van der Waals surface area contributed by atoms with Crippen molar-refractivity contribution >= 4 is 65.4 Å². The molecular weight excluding hydrogens is 619 g/mol. The van der Waals surface area contributed by atoms with Gasteiger partial charge in [-0.3, -0.25) is 0 Å². The first-order chi connectivity index (χ1) is 32.0. The summed E-state index contributed by atoms with van der Waals surface area (Å²) in [6, 6.07) is 18.5. The molecule has 0 unspecified atom stereocenters. The zero-order chi connectivity index (χ0) is 47.4. The Morgan fingerprint density at radius 2 is 0.765 bits per heavy atom. The Kier molecular flexibility index (Phi) is 3.55. The minimum atomic E-state index is -0.658. The predicted octanol–water partition coefficient (Wildman–Crippen LogP) is 12.6. The van der Waals surface area contributed by atoms with Crippen LogP contribution < -0.4 is 0 Å². The molecule has 0 radical (unpaired) electrons. The normalized spacial score (nSPS) is 16.3. The molecule has 3 heteroatoms. The van der Waals surface area contributed by atoms with E-state index >= 15 is 0 Å². The Morgan fingerprint density at radius 1 is 0.314 bits per heavy atom. The summed E-state index contributed by atoms with van der Waals surface area (Å²) >= 11 is 0. The van der Waals surface area contributed by atoms with E-state index in [-0.39, 0.29) is 56.0 Å². The van der Waals surface area contributed by atoms with Gasteiger partial charge in [-0.2, -0.15) is 0 Å². The van der Waals surface area contributed by atoms with Crippen molar-refractivity contribution in [1.82, 2.24) is 13.7 Å². The van der Waals surface area contributed by atoms with E-state index < -0.39 is 90.6 Å². The Labute approximate surface area is 316 Å². The van der Waals surface area contributed by atoms with Crippen molar-refractivity contribution in [1.29, 1.82) is 0 Å². The van der Waals surface area contributed by atoms with E-state index in [0.717, 1.165) is 10.8 Å². The summed E-state index contributed by atoms with van der Waals surface area (Å²) in [4.78, 5) is 0. The van der Waals surface area contributed by atoms with Crippen LogP contribution in [0.2, 0.25) is 0 Å². The highest BCUT2D eigenvalue weighted by Gasteiger charge is 2.19. The van der Waals surface area contributed by atoms with Gasteiger partial charge in [0.1, 0.15) is 0 Å². The summed E-state index contributed by atoms with van der Waals surface area (Å²) in [6.07, 6.45) is 0. The molecule has 0 fully saturated rings. The minimum absolute atomic E-state index is 0.0127. The van der Waals surface area contributed by atoms with E-state index in [1.807, 2.05) is 48.5 Å². The van der Waals surface area contributed by atoms with Crippen molar-refractivity contribution in [2.24, 2.45) is 0 Å². The van der Waals surface area contributed by atoms with Gasteiger partial charge in [-0.15, -0.1) is 0 Å². The first kappa shape index (κ1) is 16.7. The molecule has 51 heavy (non-hydrogen) atoms. The monoisotopic (exact) mass is 665 g/mol. The number of para-hydroxylation sites is 5. The maximum absolute atomic E-state index is 10.1. The van der Waals surface area contributed by atoms with E-state index in [1.165, 1.54) is 4.57 Å². The molecule has 0 aliphatic heterocycles. The fourth-order valence-corrected chi connectivity index (χ4v) is 7.35. The van der Waals surface area contributed by atoms with Gasteiger partial charge in [0.2, 0.25) is 0 Å². The molecule has 0 N–H and O–H groups in total. The number of aromatic nitrogens is 3. The third-order valence-electron chi connectivity index (χ3n) is 9.45.